The Morgan fingerprint density at radius 3 is 2.58 bits per heavy atom. The van der Waals surface area contributed by atoms with Crippen LogP contribution in [0.15, 0.2) is 29.3 Å². The molecule has 0 spiro atoms. The molecule has 3 amide bonds. The van der Waals surface area contributed by atoms with Gasteiger partial charge in [0.2, 0.25) is 10.0 Å². The molecule has 3 atom stereocenters. The number of nitrogens with zero attached hydrogens (tertiary/aromatic N) is 2. The Morgan fingerprint density at radius 1 is 1.23 bits per heavy atom. The number of sulfonamides is 1. The van der Waals surface area contributed by atoms with E-state index < -0.39 is 57.7 Å². The minimum atomic E-state index is -4.74. The third kappa shape index (κ3) is 5.91. The quantitative estimate of drug-likeness (QED) is 0.368. The highest BCUT2D eigenvalue weighted by Crippen LogP contribution is 2.35. The number of hydrogen-bond donors (Lipinski definition) is 3. The van der Waals surface area contributed by atoms with Gasteiger partial charge in [-0.1, -0.05) is 0 Å². The number of fused-ring (bicyclic) bond motifs is 2. The van der Waals surface area contributed by atoms with Crippen LogP contribution in [0, 0.1) is 18.7 Å². The van der Waals surface area contributed by atoms with E-state index in [9.17, 15) is 40.4 Å². The van der Waals surface area contributed by atoms with Crippen molar-refractivity contribution in [2.75, 3.05) is 25.0 Å². The van der Waals surface area contributed by atoms with Crippen molar-refractivity contribution in [2.24, 2.45) is 13.0 Å². The Labute approximate surface area is 226 Å². The van der Waals surface area contributed by atoms with Crippen molar-refractivity contribution in [3.8, 4) is 5.75 Å². The van der Waals surface area contributed by atoms with Crippen LogP contribution in [0.2, 0.25) is 0 Å². The molecule has 40 heavy (non-hydrogen) atoms. The van der Waals surface area contributed by atoms with Gasteiger partial charge in [-0.2, -0.15) is 13.2 Å². The second kappa shape index (κ2) is 10.7. The fourth-order valence-electron chi connectivity index (χ4n) is 4.54. The van der Waals surface area contributed by atoms with Gasteiger partial charge in [0.25, 0.3) is 5.91 Å². The van der Waals surface area contributed by atoms with Crippen molar-refractivity contribution in [1.82, 2.24) is 19.5 Å². The van der Waals surface area contributed by atoms with E-state index in [1.54, 1.807) is 5.32 Å². The molecule has 1 saturated heterocycles. The molecule has 2 aliphatic heterocycles. The van der Waals surface area contributed by atoms with E-state index in [1.807, 2.05) is 0 Å². The molecular weight excluding hydrogens is 562 g/mol. The zero-order valence-electron chi connectivity index (χ0n) is 21.6. The normalized spacial score (nSPS) is 21.1. The molecule has 0 saturated carbocycles. The molecule has 0 radical (unpaired) electrons. The van der Waals surface area contributed by atoms with Gasteiger partial charge in [0.05, 0.1) is 6.61 Å². The Kier molecular flexibility index (Phi) is 7.86. The van der Waals surface area contributed by atoms with Gasteiger partial charge in [0, 0.05) is 44.0 Å². The standard InChI is InChI=1S/C24H27F4N5O6S/c1-12-8-15(4-5-16(12)25)30-21(34)19-20-18(10-32(19)3)40(37,38)31-17-9-33(7-6-14(17)11-39-20)23(36)22(35)29-13(2)24(26,27)28/h4-5,8,10,13-14,17,31H,6-7,9,11H2,1-3H3,(H,29,35)(H,30,34)/t13-,14+,17+/m1/s1. The number of anilines is 1. The number of aryl methyl sites for hydroxylation is 2. The molecule has 11 nitrogen and oxygen atoms in total. The molecule has 2 aromatic rings. The number of alkyl halides is 3. The van der Waals surface area contributed by atoms with Crippen molar-refractivity contribution in [3.63, 3.8) is 0 Å². The second-order valence-corrected chi connectivity index (χ2v) is 11.5. The molecule has 2 aliphatic rings. The monoisotopic (exact) mass is 589 g/mol. The SMILES string of the molecule is Cc1cc(NC(=O)c2c3c(cn2C)S(=O)(=O)N[C@H]2CN(C(=O)C(=O)N[C@H](C)C(F)(F)F)CC[C@H]2CO3)ccc1F. The lowest BCUT2D eigenvalue weighted by atomic mass is 9.93. The lowest BCUT2D eigenvalue weighted by Gasteiger charge is -2.39. The van der Waals surface area contributed by atoms with Crippen molar-refractivity contribution < 1.29 is 45.1 Å². The highest BCUT2D eigenvalue weighted by atomic mass is 32.2. The Morgan fingerprint density at radius 2 is 1.93 bits per heavy atom. The Hall–Kier alpha value is -3.66. The predicted molar refractivity (Wildman–Crippen MR) is 132 cm³/mol. The number of carbonyl (C=O) groups is 3. The average Bonchev–Trinajstić information content (AvgIpc) is 3.20. The first-order chi connectivity index (χ1) is 18.6. The maximum Gasteiger partial charge on any atom is 0.408 e. The molecule has 1 aromatic heterocycles. The second-order valence-electron chi connectivity index (χ2n) is 9.78. The van der Waals surface area contributed by atoms with Gasteiger partial charge >= 0.3 is 18.0 Å². The van der Waals surface area contributed by atoms with Gasteiger partial charge in [-0.3, -0.25) is 14.4 Å². The number of likely N-dealkylation sites (tertiary alicyclic amines) is 1. The molecule has 0 aliphatic carbocycles. The highest BCUT2D eigenvalue weighted by molar-refractivity contribution is 7.89. The van der Waals surface area contributed by atoms with E-state index in [0.717, 1.165) is 4.90 Å². The maximum atomic E-state index is 13.6. The van der Waals surface area contributed by atoms with Crippen LogP contribution in [0.25, 0.3) is 0 Å². The molecular formula is C24H27F4N5O6S. The van der Waals surface area contributed by atoms with Crippen LogP contribution in [0.1, 0.15) is 29.4 Å². The summed E-state index contributed by atoms with van der Waals surface area (Å²) in [5.41, 5.74) is 0.492. The van der Waals surface area contributed by atoms with Gasteiger partial charge in [-0.25, -0.2) is 17.5 Å². The zero-order chi connectivity index (χ0) is 29.6. The number of nitrogens with one attached hydrogen (secondary N) is 3. The van der Waals surface area contributed by atoms with Crippen LogP contribution in [0.4, 0.5) is 23.2 Å². The van der Waals surface area contributed by atoms with Crippen molar-refractivity contribution in [1.29, 1.82) is 0 Å². The van der Waals surface area contributed by atoms with Crippen LogP contribution < -0.4 is 20.1 Å². The number of ether oxygens (including phenoxy) is 1. The first kappa shape index (κ1) is 29.3. The van der Waals surface area contributed by atoms with Crippen LogP contribution >= 0.6 is 0 Å². The zero-order valence-corrected chi connectivity index (χ0v) is 22.5. The number of aromatic nitrogens is 1. The number of hydrogen-bond acceptors (Lipinski definition) is 6. The van der Waals surface area contributed by atoms with Gasteiger partial charge in [-0.15, -0.1) is 0 Å². The van der Waals surface area contributed by atoms with Gasteiger partial charge in [0.1, 0.15) is 16.8 Å². The maximum absolute atomic E-state index is 13.6. The summed E-state index contributed by atoms with van der Waals surface area (Å²) in [4.78, 5) is 38.4. The fourth-order valence-corrected chi connectivity index (χ4v) is 6.03. The number of benzene rings is 1. The lowest BCUT2D eigenvalue weighted by Crippen LogP contribution is -2.58. The summed E-state index contributed by atoms with van der Waals surface area (Å²) in [6.07, 6.45) is -3.39. The molecule has 218 valence electrons. The Bertz CT molecular complexity index is 1460. The van der Waals surface area contributed by atoms with Crippen LogP contribution in [-0.4, -0.2) is 73.6 Å². The number of rotatable bonds is 3. The molecule has 0 unspecified atom stereocenters. The van der Waals surface area contributed by atoms with E-state index in [2.05, 4.69) is 10.0 Å². The summed E-state index contributed by atoms with van der Waals surface area (Å²) in [7, 11) is -2.87. The van der Waals surface area contributed by atoms with Gasteiger partial charge in [-0.05, 0) is 44.0 Å². The first-order valence-electron chi connectivity index (χ1n) is 12.2. The minimum Gasteiger partial charge on any atom is -0.489 e. The van der Waals surface area contributed by atoms with E-state index in [0.29, 0.717) is 12.5 Å². The molecule has 3 heterocycles. The van der Waals surface area contributed by atoms with E-state index in [4.69, 9.17) is 4.74 Å². The number of halogens is 4. The molecule has 1 fully saturated rings. The van der Waals surface area contributed by atoms with Crippen molar-refractivity contribution >= 4 is 33.4 Å². The highest BCUT2D eigenvalue weighted by Gasteiger charge is 2.42. The van der Waals surface area contributed by atoms with Gasteiger partial charge in [0.15, 0.2) is 11.4 Å². The Balaban J connectivity index is 1.53. The molecule has 3 N–H and O–H groups in total. The largest absolute Gasteiger partial charge is 0.489 e. The number of amides is 3. The van der Waals surface area contributed by atoms with Crippen molar-refractivity contribution in [2.45, 2.75) is 43.4 Å². The molecule has 4 rings (SSSR count). The lowest BCUT2D eigenvalue weighted by molar-refractivity contribution is -0.162. The van der Waals surface area contributed by atoms with E-state index >= 15 is 0 Å². The van der Waals surface area contributed by atoms with Crippen LogP contribution in [0.3, 0.4) is 0 Å². The fraction of sp³-hybridized carbons (Fsp3) is 0.458. The third-order valence-electron chi connectivity index (χ3n) is 6.85. The summed E-state index contributed by atoms with van der Waals surface area (Å²) in [5, 5.41) is 4.21. The summed E-state index contributed by atoms with van der Waals surface area (Å²) < 4.78 is 88.2. The third-order valence-corrected chi connectivity index (χ3v) is 8.33. The van der Waals surface area contributed by atoms with Crippen LogP contribution in [0.5, 0.6) is 5.75 Å². The predicted octanol–water partition coefficient (Wildman–Crippen LogP) is 1.68. The van der Waals surface area contributed by atoms with Gasteiger partial charge < -0.3 is 24.8 Å². The molecule has 16 heteroatoms. The van der Waals surface area contributed by atoms with E-state index in [1.165, 1.54) is 42.9 Å². The number of carbonyl (C=O) groups excluding carboxylic acids is 3. The topological polar surface area (TPSA) is 139 Å². The summed E-state index contributed by atoms with van der Waals surface area (Å²) in [6.45, 7) is 1.86. The summed E-state index contributed by atoms with van der Waals surface area (Å²) in [6, 6.07) is 0.801. The molecule has 1 aromatic carbocycles. The summed E-state index contributed by atoms with van der Waals surface area (Å²) >= 11 is 0. The average molecular weight is 590 g/mol. The smallest absolute Gasteiger partial charge is 0.408 e. The molecule has 0 bridgehead atoms. The van der Waals surface area contributed by atoms with E-state index in [-0.39, 0.29) is 48.1 Å². The summed E-state index contributed by atoms with van der Waals surface area (Å²) in [5.74, 6) is -4.50. The number of piperidine rings is 1. The minimum absolute atomic E-state index is 0.0299. The van der Waals surface area contributed by atoms with Crippen LogP contribution in [-0.2, 0) is 26.7 Å². The van der Waals surface area contributed by atoms with Crippen molar-refractivity contribution in [3.05, 3.63) is 41.5 Å². The first-order valence-corrected chi connectivity index (χ1v) is 13.6.